The number of allylic oxidation sites excluding steroid dienone is 1. The minimum Gasteiger partial charge on any atom is -0.378 e. The molecule has 0 unspecified atom stereocenters. The van der Waals surface area contributed by atoms with Gasteiger partial charge in [-0.15, -0.1) is 0 Å². The topological polar surface area (TPSA) is 69.7 Å². The van der Waals surface area contributed by atoms with Gasteiger partial charge in [0.25, 0.3) is 10.1 Å². The molecule has 0 aromatic heterocycles. The van der Waals surface area contributed by atoms with Crippen molar-refractivity contribution in [2.75, 3.05) is 13.2 Å². The van der Waals surface area contributed by atoms with Crippen LogP contribution in [0.2, 0.25) is 0 Å². The lowest BCUT2D eigenvalue weighted by Gasteiger charge is -2.58. The number of rotatable bonds is 11. The van der Waals surface area contributed by atoms with E-state index in [4.69, 9.17) is 8.92 Å². The van der Waals surface area contributed by atoms with E-state index in [-0.39, 0.29) is 22.8 Å². The molecule has 4 aliphatic carbocycles. The molecule has 4 aliphatic rings. The number of fused-ring (bicyclic) bond motifs is 5. The summed E-state index contributed by atoms with van der Waals surface area (Å²) in [6.45, 7) is 9.72. The van der Waals surface area contributed by atoms with Crippen LogP contribution in [-0.2, 0) is 23.8 Å². The minimum absolute atomic E-state index is 0.219. The molecule has 5 nitrogen and oxygen atoms in total. The van der Waals surface area contributed by atoms with Crippen LogP contribution in [0.25, 0.3) is 0 Å². The molecule has 0 amide bonds. The third-order valence-electron chi connectivity index (χ3n) is 11.5. The lowest BCUT2D eigenvalue weighted by Crippen LogP contribution is -2.51. The number of hydrogen-bond donors (Lipinski definition) is 0. The first-order chi connectivity index (χ1) is 19.0. The number of ether oxygens (including phenoxy) is 1. The summed E-state index contributed by atoms with van der Waals surface area (Å²) in [6, 6.07) is 6.78. The van der Waals surface area contributed by atoms with Crippen molar-refractivity contribution in [3.63, 3.8) is 0 Å². The second-order valence-corrected chi connectivity index (χ2v) is 15.4. The van der Waals surface area contributed by atoms with Gasteiger partial charge in [-0.2, -0.15) is 8.42 Å². The van der Waals surface area contributed by atoms with Crippen LogP contribution >= 0.6 is 0 Å². The van der Waals surface area contributed by atoms with Gasteiger partial charge >= 0.3 is 0 Å². The van der Waals surface area contributed by atoms with Crippen molar-refractivity contribution in [1.29, 1.82) is 0 Å². The summed E-state index contributed by atoms with van der Waals surface area (Å²) in [5, 5.41) is 0. The predicted octanol–water partition coefficient (Wildman–Crippen LogP) is 7.81. The number of Topliss-reactive ketones (excluding diaryl/α,β-unsaturated/α-hetero) is 1. The van der Waals surface area contributed by atoms with Crippen LogP contribution in [0, 0.1) is 41.4 Å². The van der Waals surface area contributed by atoms with Crippen molar-refractivity contribution < 1.29 is 22.1 Å². The molecule has 3 saturated carbocycles. The quantitative estimate of drug-likeness (QED) is 0.154. The van der Waals surface area contributed by atoms with Crippen LogP contribution in [0.15, 0.2) is 40.8 Å². The van der Waals surface area contributed by atoms with E-state index < -0.39 is 10.1 Å². The lowest BCUT2D eigenvalue weighted by atomic mass is 9.47. The van der Waals surface area contributed by atoms with Crippen molar-refractivity contribution in [2.45, 2.75) is 116 Å². The molecule has 5 rings (SSSR count). The predicted molar refractivity (Wildman–Crippen MR) is 158 cm³/mol. The highest BCUT2D eigenvalue weighted by molar-refractivity contribution is 7.86. The van der Waals surface area contributed by atoms with Gasteiger partial charge in [-0.1, -0.05) is 56.0 Å². The summed E-state index contributed by atoms with van der Waals surface area (Å²) in [5.74, 6) is 2.90. The highest BCUT2D eigenvalue weighted by Gasteiger charge is 2.59. The molecular weight excluding hydrogens is 520 g/mol. The van der Waals surface area contributed by atoms with Crippen LogP contribution in [0.4, 0.5) is 0 Å². The molecule has 0 bridgehead atoms. The van der Waals surface area contributed by atoms with E-state index in [0.29, 0.717) is 23.2 Å². The van der Waals surface area contributed by atoms with Gasteiger partial charge in [0.05, 0.1) is 17.6 Å². The summed E-state index contributed by atoms with van der Waals surface area (Å²) >= 11 is 0. The Bertz CT molecular complexity index is 1190. The van der Waals surface area contributed by atoms with Crippen molar-refractivity contribution in [3.05, 3.63) is 41.5 Å². The zero-order valence-corrected chi connectivity index (χ0v) is 25.9. The fourth-order valence-corrected chi connectivity index (χ4v) is 10.1. The molecule has 0 radical (unpaired) electrons. The molecule has 0 heterocycles. The molecule has 222 valence electrons. The zero-order chi connectivity index (χ0) is 28.5. The van der Waals surface area contributed by atoms with Gasteiger partial charge in [0.1, 0.15) is 5.78 Å². The van der Waals surface area contributed by atoms with E-state index in [0.717, 1.165) is 69.0 Å². The zero-order valence-electron chi connectivity index (χ0n) is 25.1. The highest BCUT2D eigenvalue weighted by Crippen LogP contribution is 2.66. The van der Waals surface area contributed by atoms with Crippen LogP contribution in [0.1, 0.15) is 103 Å². The van der Waals surface area contributed by atoms with Gasteiger partial charge < -0.3 is 4.74 Å². The van der Waals surface area contributed by atoms with E-state index in [9.17, 15) is 13.2 Å². The molecule has 0 aliphatic heterocycles. The van der Waals surface area contributed by atoms with Crippen molar-refractivity contribution in [1.82, 2.24) is 0 Å². The maximum absolute atomic E-state index is 12.4. The Labute approximate surface area is 242 Å². The maximum Gasteiger partial charge on any atom is 0.296 e. The monoisotopic (exact) mass is 570 g/mol. The van der Waals surface area contributed by atoms with Crippen molar-refractivity contribution >= 4 is 15.9 Å². The number of hydrogen-bond acceptors (Lipinski definition) is 5. The summed E-state index contributed by atoms with van der Waals surface area (Å²) in [7, 11) is -3.67. The van der Waals surface area contributed by atoms with Crippen LogP contribution in [0.3, 0.4) is 0 Å². The molecule has 6 heteroatoms. The molecule has 1 aromatic rings. The molecule has 7 atom stereocenters. The van der Waals surface area contributed by atoms with Gasteiger partial charge in [0.2, 0.25) is 0 Å². The van der Waals surface area contributed by atoms with Crippen molar-refractivity contribution in [2.24, 2.45) is 34.5 Å². The SMILES string of the molecule is CC(=O)[C@H]1CC[C@H]2[C@@H]3CC=C4C[C@@H](OCCCCCCOS(=O)(=O)c5ccc(C)cc5)CC[C@]4(C)[C@H]3CC[C@]12C. The Hall–Kier alpha value is -1.50. The second kappa shape index (κ2) is 12.0. The first-order valence-electron chi connectivity index (χ1n) is 15.8. The highest BCUT2D eigenvalue weighted by atomic mass is 32.2. The summed E-state index contributed by atoms with van der Waals surface area (Å²) < 4.78 is 36.2. The molecule has 0 saturated heterocycles. The van der Waals surface area contributed by atoms with Crippen molar-refractivity contribution in [3.8, 4) is 0 Å². The Morgan fingerprint density at radius 3 is 2.38 bits per heavy atom. The standard InChI is InChI=1S/C34H50O5S/c1-24-9-12-28(13-10-24)40(36,37)39-22-8-6-5-7-21-38-27-17-19-33(3)26(23-27)11-14-29-31-16-15-30(25(2)35)34(31,4)20-18-32(29)33/h9-13,27,29-32H,5-8,14-23H2,1-4H3/t27-,29-,30+,31-,32-,33-,34+/m0/s1. The number of aryl methyl sites for hydroxylation is 1. The van der Waals surface area contributed by atoms with E-state index >= 15 is 0 Å². The largest absolute Gasteiger partial charge is 0.378 e. The minimum atomic E-state index is -3.67. The molecule has 1 aromatic carbocycles. The molecule has 0 spiro atoms. The molecule has 3 fully saturated rings. The fraction of sp³-hybridized carbons (Fsp3) is 0.735. The van der Waals surface area contributed by atoms with E-state index in [1.807, 2.05) is 13.8 Å². The Balaban J connectivity index is 1.03. The summed E-state index contributed by atoms with van der Waals surface area (Å²) in [5.41, 5.74) is 3.19. The average molecular weight is 571 g/mol. The van der Waals surface area contributed by atoms with E-state index in [1.54, 1.807) is 29.8 Å². The molecular formula is C34H50O5S. The smallest absolute Gasteiger partial charge is 0.296 e. The maximum atomic E-state index is 12.4. The van der Waals surface area contributed by atoms with Gasteiger partial charge in [0.15, 0.2) is 0 Å². The molecule has 40 heavy (non-hydrogen) atoms. The lowest BCUT2D eigenvalue weighted by molar-refractivity contribution is -0.127. The summed E-state index contributed by atoms with van der Waals surface area (Å²) in [4.78, 5) is 12.6. The normalized spacial score (nSPS) is 35.4. The van der Waals surface area contributed by atoms with Crippen LogP contribution in [0.5, 0.6) is 0 Å². The molecule has 0 N–H and O–H groups in total. The number of benzene rings is 1. The number of unbranched alkanes of at least 4 members (excludes halogenated alkanes) is 3. The first kappa shape index (κ1) is 30.0. The first-order valence-corrected chi connectivity index (χ1v) is 17.2. The Morgan fingerprint density at radius 1 is 0.925 bits per heavy atom. The van der Waals surface area contributed by atoms with Crippen LogP contribution in [-0.4, -0.2) is 33.5 Å². The third kappa shape index (κ3) is 5.87. The van der Waals surface area contributed by atoms with Crippen LogP contribution < -0.4 is 0 Å². The van der Waals surface area contributed by atoms with E-state index in [1.165, 1.54) is 32.1 Å². The number of ketones is 1. The average Bonchev–Trinajstić information content (AvgIpc) is 3.28. The van der Waals surface area contributed by atoms with E-state index in [2.05, 4.69) is 19.9 Å². The van der Waals surface area contributed by atoms with Gasteiger partial charge in [0, 0.05) is 12.5 Å². The summed E-state index contributed by atoms with van der Waals surface area (Å²) in [6.07, 6.45) is 16.0. The second-order valence-electron chi connectivity index (χ2n) is 13.8. The van der Waals surface area contributed by atoms with Gasteiger partial charge in [-0.05, 0) is 119 Å². The fourth-order valence-electron chi connectivity index (χ4n) is 9.19. The number of carbonyl (C=O) groups excluding carboxylic acids is 1. The Kier molecular flexibility index (Phi) is 9.00. The van der Waals surface area contributed by atoms with Gasteiger partial charge in [-0.25, -0.2) is 0 Å². The number of carbonyl (C=O) groups is 1. The van der Waals surface area contributed by atoms with Gasteiger partial charge in [-0.3, -0.25) is 8.98 Å². The Morgan fingerprint density at radius 2 is 1.65 bits per heavy atom. The third-order valence-corrected chi connectivity index (χ3v) is 12.8.